The van der Waals surface area contributed by atoms with Crippen LogP contribution in [0.4, 0.5) is 4.79 Å². The molecule has 2 N–H and O–H groups in total. The number of hydrogen-bond donors (Lipinski definition) is 2. The van der Waals surface area contributed by atoms with E-state index in [0.717, 1.165) is 31.5 Å². The van der Waals surface area contributed by atoms with E-state index in [9.17, 15) is 9.59 Å². The number of nitrogens with zero attached hydrogens (tertiary/aromatic N) is 2. The molecule has 2 amide bonds. The molecular weight excluding hydrogens is 282 g/mol. The minimum atomic E-state index is -1.13. The molecule has 0 spiro atoms. The van der Waals surface area contributed by atoms with Crippen molar-refractivity contribution in [2.45, 2.75) is 31.7 Å². The summed E-state index contributed by atoms with van der Waals surface area (Å²) in [5.74, 6) is -0.00936. The molecule has 116 valence electrons. The van der Waals surface area contributed by atoms with Crippen molar-refractivity contribution < 1.29 is 14.7 Å². The molecule has 1 aromatic carbocycles. The van der Waals surface area contributed by atoms with E-state index in [1.54, 1.807) is 29.2 Å². The Labute approximate surface area is 129 Å². The first-order valence-electron chi connectivity index (χ1n) is 7.35. The fourth-order valence-electron chi connectivity index (χ4n) is 2.66. The third-order valence-corrected chi connectivity index (χ3v) is 3.77. The van der Waals surface area contributed by atoms with Crippen LogP contribution in [-0.2, 0) is 11.2 Å². The number of benzene rings is 1. The molecule has 0 aliphatic carbocycles. The number of nitrogens with one attached hydrogen (secondary N) is 1. The minimum Gasteiger partial charge on any atom is -0.465 e. The summed E-state index contributed by atoms with van der Waals surface area (Å²) < 4.78 is 0. The van der Waals surface area contributed by atoms with Crippen molar-refractivity contribution in [3.8, 4) is 6.07 Å². The Morgan fingerprint density at radius 1 is 1.27 bits per heavy atom. The Morgan fingerprint density at radius 3 is 2.45 bits per heavy atom. The zero-order valence-corrected chi connectivity index (χ0v) is 12.3. The normalized spacial score (nSPS) is 15.1. The summed E-state index contributed by atoms with van der Waals surface area (Å²) in [6.07, 6.45) is 1.48. The quantitative estimate of drug-likeness (QED) is 0.866. The largest absolute Gasteiger partial charge is 0.465 e. The second-order valence-corrected chi connectivity index (χ2v) is 5.45. The lowest BCUT2D eigenvalue weighted by Crippen LogP contribution is -2.40. The average Bonchev–Trinajstić information content (AvgIpc) is 3.01. The number of rotatable bonds is 5. The molecule has 1 aliphatic heterocycles. The molecule has 0 bridgehead atoms. The van der Waals surface area contributed by atoms with E-state index in [4.69, 9.17) is 10.4 Å². The highest BCUT2D eigenvalue weighted by Gasteiger charge is 2.23. The lowest BCUT2D eigenvalue weighted by molar-refractivity contribution is -0.130. The summed E-state index contributed by atoms with van der Waals surface area (Å²) in [5, 5.41) is 20.1. The Morgan fingerprint density at radius 2 is 1.91 bits per heavy atom. The highest BCUT2D eigenvalue weighted by molar-refractivity contribution is 5.78. The molecular formula is C16H19N3O3. The molecule has 0 radical (unpaired) electrons. The molecule has 0 aromatic heterocycles. The van der Waals surface area contributed by atoms with Gasteiger partial charge in [0.2, 0.25) is 5.91 Å². The number of carbonyl (C=O) groups is 2. The molecule has 6 heteroatoms. The van der Waals surface area contributed by atoms with Gasteiger partial charge >= 0.3 is 6.09 Å². The van der Waals surface area contributed by atoms with Gasteiger partial charge in [0.15, 0.2) is 0 Å². The van der Waals surface area contributed by atoms with Gasteiger partial charge in [0.05, 0.1) is 11.6 Å². The van der Waals surface area contributed by atoms with Crippen molar-refractivity contribution >= 4 is 12.0 Å². The molecule has 1 atom stereocenters. The number of nitriles is 1. The first-order chi connectivity index (χ1) is 10.6. The second kappa shape index (κ2) is 7.46. The Kier molecular flexibility index (Phi) is 5.37. The van der Waals surface area contributed by atoms with Crippen LogP contribution in [0, 0.1) is 11.3 Å². The second-order valence-electron chi connectivity index (χ2n) is 5.45. The van der Waals surface area contributed by atoms with E-state index < -0.39 is 12.1 Å². The number of carboxylic acid groups (broad SMARTS) is 1. The molecule has 2 rings (SSSR count). The van der Waals surface area contributed by atoms with Crippen LogP contribution in [0.3, 0.4) is 0 Å². The van der Waals surface area contributed by atoms with Crippen LogP contribution in [-0.4, -0.2) is 41.1 Å². The van der Waals surface area contributed by atoms with Crippen LogP contribution in [0.2, 0.25) is 0 Å². The van der Waals surface area contributed by atoms with Gasteiger partial charge in [0.25, 0.3) is 0 Å². The molecule has 0 saturated carbocycles. The van der Waals surface area contributed by atoms with Crippen molar-refractivity contribution in [3.05, 3.63) is 35.4 Å². The van der Waals surface area contributed by atoms with Gasteiger partial charge in [-0.3, -0.25) is 4.79 Å². The Balaban J connectivity index is 1.99. The number of likely N-dealkylation sites (tertiary alicyclic amines) is 1. The number of carbonyl (C=O) groups excluding carboxylic acids is 1. The molecule has 1 unspecified atom stereocenters. The van der Waals surface area contributed by atoms with E-state index in [1.807, 2.05) is 6.07 Å². The molecule has 1 aromatic rings. The summed E-state index contributed by atoms with van der Waals surface area (Å²) in [6, 6.07) is 8.53. The van der Waals surface area contributed by atoms with Gasteiger partial charge in [-0.05, 0) is 37.0 Å². The monoisotopic (exact) mass is 301 g/mol. The molecule has 1 saturated heterocycles. The minimum absolute atomic E-state index is 0.00936. The highest BCUT2D eigenvalue weighted by Crippen LogP contribution is 2.13. The van der Waals surface area contributed by atoms with Crippen LogP contribution in [0.1, 0.15) is 30.4 Å². The zero-order chi connectivity index (χ0) is 15.9. The lowest BCUT2D eigenvalue weighted by Gasteiger charge is -2.21. The highest BCUT2D eigenvalue weighted by atomic mass is 16.4. The van der Waals surface area contributed by atoms with E-state index in [-0.39, 0.29) is 12.3 Å². The van der Waals surface area contributed by atoms with Gasteiger partial charge < -0.3 is 15.3 Å². The number of hydrogen-bond acceptors (Lipinski definition) is 3. The summed E-state index contributed by atoms with van der Waals surface area (Å²) in [6.45, 7) is 1.52. The fourth-order valence-corrected chi connectivity index (χ4v) is 2.66. The van der Waals surface area contributed by atoms with Crippen molar-refractivity contribution in [2.24, 2.45) is 0 Å². The maximum atomic E-state index is 12.2. The van der Waals surface area contributed by atoms with Gasteiger partial charge in [-0.2, -0.15) is 5.26 Å². The Bertz CT molecular complexity index is 571. The van der Waals surface area contributed by atoms with E-state index >= 15 is 0 Å². The average molecular weight is 301 g/mol. The van der Waals surface area contributed by atoms with Gasteiger partial charge in [-0.1, -0.05) is 12.1 Å². The molecule has 6 nitrogen and oxygen atoms in total. The zero-order valence-electron chi connectivity index (χ0n) is 12.3. The molecule has 1 heterocycles. The predicted octanol–water partition coefficient (Wildman–Crippen LogP) is 1.75. The number of amides is 2. The maximum Gasteiger partial charge on any atom is 0.404 e. The summed E-state index contributed by atoms with van der Waals surface area (Å²) in [5.41, 5.74) is 1.45. The fraction of sp³-hybridized carbons (Fsp3) is 0.438. The van der Waals surface area contributed by atoms with Gasteiger partial charge in [-0.25, -0.2) is 4.79 Å². The maximum absolute atomic E-state index is 12.2. The third kappa shape index (κ3) is 4.48. The third-order valence-electron chi connectivity index (χ3n) is 3.77. The van der Waals surface area contributed by atoms with Gasteiger partial charge in [0, 0.05) is 25.6 Å². The smallest absolute Gasteiger partial charge is 0.404 e. The SMILES string of the molecule is N#Cc1ccc(CC(CC(=O)N2CCCC2)NC(=O)O)cc1. The molecule has 22 heavy (non-hydrogen) atoms. The summed E-state index contributed by atoms with van der Waals surface area (Å²) in [4.78, 5) is 24.9. The van der Waals surface area contributed by atoms with E-state index in [1.165, 1.54) is 0 Å². The molecule has 1 aliphatic rings. The van der Waals surface area contributed by atoms with Crippen molar-refractivity contribution in [2.75, 3.05) is 13.1 Å². The van der Waals surface area contributed by atoms with E-state index in [0.29, 0.717) is 12.0 Å². The van der Waals surface area contributed by atoms with E-state index in [2.05, 4.69) is 5.32 Å². The van der Waals surface area contributed by atoms with Crippen molar-refractivity contribution in [3.63, 3.8) is 0 Å². The van der Waals surface area contributed by atoms with Crippen molar-refractivity contribution in [1.82, 2.24) is 10.2 Å². The predicted molar refractivity (Wildman–Crippen MR) is 80.2 cm³/mol. The summed E-state index contributed by atoms with van der Waals surface area (Å²) >= 11 is 0. The van der Waals surface area contributed by atoms with Gasteiger partial charge in [-0.15, -0.1) is 0 Å². The first-order valence-corrected chi connectivity index (χ1v) is 7.35. The van der Waals surface area contributed by atoms with Crippen LogP contribution in [0.25, 0.3) is 0 Å². The van der Waals surface area contributed by atoms with Crippen LogP contribution in [0.5, 0.6) is 0 Å². The van der Waals surface area contributed by atoms with Crippen LogP contribution >= 0.6 is 0 Å². The van der Waals surface area contributed by atoms with Crippen LogP contribution < -0.4 is 5.32 Å². The first kappa shape index (κ1) is 15.8. The Hall–Kier alpha value is -2.55. The van der Waals surface area contributed by atoms with Gasteiger partial charge in [0.1, 0.15) is 0 Å². The van der Waals surface area contributed by atoms with Crippen molar-refractivity contribution in [1.29, 1.82) is 5.26 Å². The standard InChI is InChI=1S/C16H19N3O3/c17-11-13-5-3-12(4-6-13)9-14(18-16(21)22)10-15(20)19-7-1-2-8-19/h3-6,14,18H,1-2,7-10H2,(H,21,22). The molecule has 1 fully saturated rings. The van der Waals surface area contributed by atoms with Crippen LogP contribution in [0.15, 0.2) is 24.3 Å². The summed E-state index contributed by atoms with van der Waals surface area (Å²) in [7, 11) is 0. The lowest BCUT2D eigenvalue weighted by atomic mass is 10.0. The topological polar surface area (TPSA) is 93.4 Å².